The number of rotatable bonds is 11. The van der Waals surface area contributed by atoms with Crippen molar-refractivity contribution in [1.29, 1.82) is 0 Å². The summed E-state index contributed by atoms with van der Waals surface area (Å²) >= 11 is 0. The minimum atomic E-state index is -5.67. The van der Waals surface area contributed by atoms with Crippen LogP contribution in [0.4, 0.5) is 5.95 Å². The number of H-pyrrole nitrogens is 1. The lowest BCUT2D eigenvalue weighted by molar-refractivity contribution is -0.0423. The molecule has 3 rings (SSSR count). The summed E-state index contributed by atoms with van der Waals surface area (Å²) < 4.78 is 52.1. The number of aliphatic hydroxyl groups excluding tert-OH is 1. The van der Waals surface area contributed by atoms with E-state index >= 15 is 0 Å². The Morgan fingerprint density at radius 1 is 1.13 bits per heavy atom. The molecular formula is C16H31N6O13P3. The van der Waals surface area contributed by atoms with Crippen LogP contribution >= 0.6 is 23.5 Å². The molecule has 0 spiro atoms. The number of nitrogens with zero attached hydrogens (tertiary/aromatic N) is 4. The van der Waals surface area contributed by atoms with Crippen LogP contribution in [0.2, 0.25) is 0 Å². The van der Waals surface area contributed by atoms with Gasteiger partial charge in [0.2, 0.25) is 5.95 Å². The van der Waals surface area contributed by atoms with Crippen LogP contribution in [-0.4, -0.2) is 87.5 Å². The van der Waals surface area contributed by atoms with Gasteiger partial charge in [0.15, 0.2) is 11.2 Å². The van der Waals surface area contributed by atoms with E-state index in [-0.39, 0.29) is 23.5 Å². The second kappa shape index (κ2) is 13.2. The maximum Gasteiger partial charge on any atom is 0.490 e. The third-order valence-electron chi connectivity index (χ3n) is 5.12. The van der Waals surface area contributed by atoms with Gasteiger partial charge in [-0.1, -0.05) is 20.8 Å². The highest BCUT2D eigenvalue weighted by atomic mass is 31.3. The van der Waals surface area contributed by atoms with Crippen molar-refractivity contribution < 1.29 is 56.3 Å². The van der Waals surface area contributed by atoms with E-state index in [0.717, 1.165) is 0 Å². The summed E-state index contributed by atoms with van der Waals surface area (Å²) in [5.41, 5.74) is 4.89. The number of aromatic amines is 1. The highest BCUT2D eigenvalue weighted by Gasteiger charge is 2.43. The van der Waals surface area contributed by atoms with E-state index in [1.54, 1.807) is 0 Å². The van der Waals surface area contributed by atoms with E-state index < -0.39 is 54.1 Å². The van der Waals surface area contributed by atoms with Crippen LogP contribution < -0.4 is 11.3 Å². The van der Waals surface area contributed by atoms with Crippen molar-refractivity contribution in [2.24, 2.45) is 0 Å². The van der Waals surface area contributed by atoms with Crippen LogP contribution in [0.3, 0.4) is 0 Å². The van der Waals surface area contributed by atoms with E-state index in [2.05, 4.69) is 53.8 Å². The van der Waals surface area contributed by atoms with Gasteiger partial charge in [-0.3, -0.25) is 18.9 Å². The van der Waals surface area contributed by atoms with E-state index in [1.165, 1.54) is 30.5 Å². The molecule has 5 atom stereocenters. The Hall–Kier alpha value is -1.56. The van der Waals surface area contributed by atoms with Gasteiger partial charge in [-0.2, -0.15) is 13.6 Å². The molecule has 38 heavy (non-hydrogen) atoms. The van der Waals surface area contributed by atoms with Crippen molar-refractivity contribution in [3.05, 3.63) is 16.7 Å². The predicted octanol–water partition coefficient (Wildman–Crippen LogP) is 0.0416. The highest BCUT2D eigenvalue weighted by Crippen LogP contribution is 2.66. The molecule has 0 bridgehead atoms. The number of phosphoric acid groups is 3. The second-order valence-electron chi connectivity index (χ2n) is 7.71. The average Bonchev–Trinajstić information content (AvgIpc) is 3.34. The molecule has 3 heterocycles. The summed E-state index contributed by atoms with van der Waals surface area (Å²) in [7, 11) is -16.6. The molecule has 2 aromatic rings. The molecule has 2 aromatic heterocycles. The van der Waals surface area contributed by atoms with Gasteiger partial charge in [0.25, 0.3) is 5.56 Å². The number of aliphatic hydroxyl groups is 1. The lowest BCUT2D eigenvalue weighted by Gasteiger charge is -2.19. The number of nitrogen functional groups attached to an aromatic ring is 1. The molecule has 1 saturated heterocycles. The first-order chi connectivity index (χ1) is 17.5. The molecule has 0 amide bonds. The normalized spacial score (nSPS) is 23.1. The quantitative estimate of drug-likeness (QED) is 0.130. The molecule has 1 fully saturated rings. The van der Waals surface area contributed by atoms with Crippen molar-refractivity contribution in [3.8, 4) is 0 Å². The highest BCUT2D eigenvalue weighted by molar-refractivity contribution is 7.66. The summed E-state index contributed by atoms with van der Waals surface area (Å²) in [6.07, 6.45) is -2.36. The smallest absolute Gasteiger partial charge is 0.390 e. The van der Waals surface area contributed by atoms with Crippen LogP contribution in [0.1, 0.15) is 33.4 Å². The maximum absolute atomic E-state index is 11.8. The van der Waals surface area contributed by atoms with Gasteiger partial charge in [-0.15, -0.1) is 0 Å². The zero-order chi connectivity index (χ0) is 28.9. The zero-order valence-electron chi connectivity index (χ0n) is 20.6. The average molecular weight is 613 g/mol. The number of imidazole rings is 1. The van der Waals surface area contributed by atoms with E-state index in [4.69, 9.17) is 25.2 Å². The van der Waals surface area contributed by atoms with Gasteiger partial charge in [0.05, 0.1) is 19.0 Å². The van der Waals surface area contributed by atoms with Gasteiger partial charge >= 0.3 is 23.5 Å². The molecule has 22 heteroatoms. The van der Waals surface area contributed by atoms with Crippen LogP contribution in [0.5, 0.6) is 0 Å². The largest absolute Gasteiger partial charge is 0.490 e. The molecular weight excluding hydrogens is 582 g/mol. The monoisotopic (exact) mass is 613 g/mol. The first-order valence-electron chi connectivity index (χ1n) is 11.1. The summed E-state index contributed by atoms with van der Waals surface area (Å²) in [5.74, 6) is -0.193. The standard InChI is InChI=1S/C10H16N5O13P3.C6H15N/c11-10-13-8-7(9(17)14-10)12-3-15(8)6-1-4(16)5(26-6)2-25-30(21,22)28-31(23,24)27-29(18,19)20;1-4-7(5-2)6-3/h3-6,16H,1-2H2,(H,21,22)(H,23,24)(H2,18,19,20)(H3,11,13,14,17);4-6H2,1-3H3/t4-,5+,6+;/m0./s1/i1+1,2+1,4+1,5+1,6+1;. The van der Waals surface area contributed by atoms with Crippen molar-refractivity contribution in [3.63, 3.8) is 0 Å². The fourth-order valence-corrected chi connectivity index (χ4v) is 6.36. The maximum atomic E-state index is 11.8. The number of nitrogens with one attached hydrogen (secondary N) is 1. The molecule has 1 aliphatic heterocycles. The third-order valence-corrected chi connectivity index (χ3v) is 8.93. The third kappa shape index (κ3) is 9.57. The van der Waals surface area contributed by atoms with Gasteiger partial charge in [-0.05, 0) is 19.6 Å². The summed E-state index contributed by atoms with van der Waals surface area (Å²) in [6, 6.07) is 0. The van der Waals surface area contributed by atoms with Gasteiger partial charge < -0.3 is 40.1 Å². The van der Waals surface area contributed by atoms with E-state index in [9.17, 15) is 28.5 Å². The molecule has 2 unspecified atom stereocenters. The summed E-state index contributed by atoms with van der Waals surface area (Å²) in [6.45, 7) is 9.28. The molecule has 218 valence electrons. The number of anilines is 1. The van der Waals surface area contributed by atoms with Crippen LogP contribution in [0.15, 0.2) is 11.1 Å². The van der Waals surface area contributed by atoms with E-state index in [1.807, 2.05) is 0 Å². The Kier molecular flexibility index (Phi) is 11.3. The fourth-order valence-electron chi connectivity index (χ4n) is 3.33. The Morgan fingerprint density at radius 2 is 1.74 bits per heavy atom. The minimum absolute atomic E-state index is 0.0481. The van der Waals surface area contributed by atoms with Crippen molar-refractivity contribution in [1.82, 2.24) is 24.4 Å². The molecule has 0 aliphatic carbocycles. The van der Waals surface area contributed by atoms with Crippen molar-refractivity contribution in [2.75, 3.05) is 32.0 Å². The number of ether oxygens (including phenoxy) is 1. The first-order valence-corrected chi connectivity index (χ1v) is 15.6. The molecule has 0 radical (unpaired) electrons. The predicted molar refractivity (Wildman–Crippen MR) is 130 cm³/mol. The first kappa shape index (κ1) is 32.7. The lowest BCUT2D eigenvalue weighted by atomic mass is 10.5. The molecule has 19 nitrogen and oxygen atoms in total. The van der Waals surface area contributed by atoms with E-state index in [0.29, 0.717) is 0 Å². The summed E-state index contributed by atoms with van der Waals surface area (Å²) in [4.78, 5) is 59.8. The summed E-state index contributed by atoms with van der Waals surface area (Å²) in [5, 5.41) is 10.1. The molecule has 0 saturated carbocycles. The Morgan fingerprint density at radius 3 is 2.26 bits per heavy atom. The SMILES string of the molecule is CCN(CC)CC.Nc1nc2c(ncn2[13C@H]2[13CH2][13C@H](O)[13C@@H]([13CH2]OP(=O)(O)OP(=O)(O)OP(=O)(O)O)O2)c(=O)[nH]1. The minimum Gasteiger partial charge on any atom is -0.390 e. The Bertz CT molecular complexity index is 1270. The van der Waals surface area contributed by atoms with Gasteiger partial charge in [0.1, 0.15) is 12.3 Å². The Labute approximate surface area is 216 Å². The fraction of sp³-hybridized carbons (Fsp3) is 0.688. The number of hydrogen-bond donors (Lipinski definition) is 7. The second-order valence-corrected chi connectivity index (χ2v) is 12.1. The topological polar surface area (TPSA) is 282 Å². The molecule has 1 aliphatic rings. The number of hydrogen-bond acceptors (Lipinski definition) is 13. The van der Waals surface area contributed by atoms with Crippen LogP contribution in [-0.2, 0) is 31.6 Å². The molecule has 8 N–H and O–H groups in total. The van der Waals surface area contributed by atoms with Crippen molar-refractivity contribution >= 4 is 40.6 Å². The van der Waals surface area contributed by atoms with Crippen LogP contribution in [0.25, 0.3) is 11.2 Å². The number of aromatic nitrogens is 4. The zero-order valence-corrected chi connectivity index (χ0v) is 23.2. The van der Waals surface area contributed by atoms with Crippen molar-refractivity contribution in [2.45, 2.75) is 45.6 Å². The molecule has 0 aromatic carbocycles. The number of fused-ring (bicyclic) bond motifs is 1. The van der Waals surface area contributed by atoms with Crippen LogP contribution in [0, 0.1) is 0 Å². The Balaban J connectivity index is 0.000000638. The van der Waals surface area contributed by atoms with Gasteiger partial charge in [0, 0.05) is 6.42 Å². The van der Waals surface area contributed by atoms with Gasteiger partial charge in [-0.25, -0.2) is 18.7 Å². The number of phosphoric ester groups is 1. The number of nitrogens with two attached hydrogens (primary N) is 1. The lowest BCUT2D eigenvalue weighted by Crippen LogP contribution is -2.26.